The molecule has 120 valence electrons. The van der Waals surface area contributed by atoms with E-state index in [-0.39, 0.29) is 0 Å². The van der Waals surface area contributed by atoms with E-state index in [1.54, 1.807) is 0 Å². The summed E-state index contributed by atoms with van der Waals surface area (Å²) in [5.74, 6) is 0. The van der Waals surface area contributed by atoms with E-state index >= 15 is 0 Å². The summed E-state index contributed by atoms with van der Waals surface area (Å²) in [7, 11) is 0. The molecular formula is C23H17NO. The smallest absolute Gasteiger partial charge is 0.161 e. The van der Waals surface area contributed by atoms with Crippen LogP contribution in [0.1, 0.15) is 12.5 Å². The Morgan fingerprint density at radius 3 is 2.44 bits per heavy atom. The van der Waals surface area contributed by atoms with Crippen molar-refractivity contribution < 1.29 is 5.79 Å². The third kappa shape index (κ3) is 2.22. The molecule has 0 spiro atoms. The fourth-order valence-electron chi connectivity index (χ4n) is 3.61. The summed E-state index contributed by atoms with van der Waals surface area (Å²) in [6.45, 7) is 4.17. The van der Waals surface area contributed by atoms with Gasteiger partial charge in [-0.3, -0.25) is 4.98 Å². The normalized spacial score (nSPS) is 12.2. The molecule has 0 aliphatic rings. The van der Waals surface area contributed by atoms with Crippen molar-refractivity contribution in [3.63, 3.8) is 0 Å². The minimum atomic E-state index is 0.431. The van der Waals surface area contributed by atoms with Gasteiger partial charge in [0.1, 0.15) is 11.3 Å². The average molecular weight is 324 g/mol. The Morgan fingerprint density at radius 2 is 1.64 bits per heavy atom. The minimum Gasteiger partial charge on any atom is -0.454 e. The molecule has 0 saturated heterocycles. The van der Waals surface area contributed by atoms with Crippen molar-refractivity contribution in [1.82, 2.24) is 4.98 Å². The molecule has 0 amide bonds. The van der Waals surface area contributed by atoms with Crippen LogP contribution in [-0.4, -0.2) is 4.98 Å². The van der Waals surface area contributed by atoms with Gasteiger partial charge in [-0.2, -0.15) is 0 Å². The van der Waals surface area contributed by atoms with Gasteiger partial charge >= 0.3 is 0 Å². The van der Waals surface area contributed by atoms with Gasteiger partial charge in [0.15, 0.2) is 5.58 Å². The van der Waals surface area contributed by atoms with E-state index in [0.29, 0.717) is 11.6 Å². The Bertz CT molecular complexity index is 1300. The molecule has 0 radical (unpaired) electrons. The Labute approximate surface area is 147 Å². The zero-order chi connectivity index (χ0) is 17.8. The summed E-state index contributed by atoms with van der Waals surface area (Å²) in [4.78, 5) is 4.60. The van der Waals surface area contributed by atoms with Crippen LogP contribution in [0.3, 0.4) is 0 Å². The zero-order valence-corrected chi connectivity index (χ0v) is 14.1. The standard InChI is InChI=1S/C23H17NO/c1-14-9-15(2)11-18(10-14)22-23-19(7-8-24-22)20-12-16-5-3-4-6-17(16)13-21(20)25-23/h3-13H,1-2H3/i13D. The minimum absolute atomic E-state index is 0.431. The highest BCUT2D eigenvalue weighted by molar-refractivity contribution is 6.12. The third-order valence-corrected chi connectivity index (χ3v) is 4.65. The van der Waals surface area contributed by atoms with Crippen molar-refractivity contribution in [2.75, 3.05) is 0 Å². The number of nitrogens with zero attached hydrogens (tertiary/aromatic N) is 1. The molecule has 25 heavy (non-hydrogen) atoms. The molecular weight excluding hydrogens is 306 g/mol. The highest BCUT2D eigenvalue weighted by Gasteiger charge is 2.14. The zero-order valence-electron chi connectivity index (χ0n) is 15.1. The van der Waals surface area contributed by atoms with Crippen molar-refractivity contribution in [1.29, 1.82) is 0 Å². The molecule has 0 atom stereocenters. The van der Waals surface area contributed by atoms with Crippen molar-refractivity contribution >= 4 is 32.7 Å². The molecule has 0 unspecified atom stereocenters. The number of pyridine rings is 1. The molecule has 0 saturated carbocycles. The second-order valence-corrected chi connectivity index (χ2v) is 6.61. The number of aryl methyl sites for hydroxylation is 2. The highest BCUT2D eigenvalue weighted by Crippen LogP contribution is 2.36. The number of benzene rings is 3. The summed E-state index contributed by atoms with van der Waals surface area (Å²) in [6, 6.07) is 18.9. The monoisotopic (exact) mass is 324 g/mol. The molecule has 5 aromatic rings. The fourth-order valence-corrected chi connectivity index (χ4v) is 3.61. The average Bonchev–Trinajstić information content (AvgIpc) is 3.00. The van der Waals surface area contributed by atoms with Crippen LogP contribution in [0.5, 0.6) is 0 Å². The largest absolute Gasteiger partial charge is 0.454 e. The number of hydrogen-bond donors (Lipinski definition) is 0. The maximum Gasteiger partial charge on any atom is 0.161 e. The summed E-state index contributed by atoms with van der Waals surface area (Å²) >= 11 is 0. The van der Waals surface area contributed by atoms with Crippen LogP contribution in [0.15, 0.2) is 71.3 Å². The number of aromatic nitrogens is 1. The lowest BCUT2D eigenvalue weighted by atomic mass is 10.0. The number of rotatable bonds is 1. The summed E-state index contributed by atoms with van der Waals surface area (Å²) in [5.41, 5.74) is 5.63. The van der Waals surface area contributed by atoms with E-state index in [9.17, 15) is 0 Å². The molecule has 5 rings (SSSR count). The first-order valence-corrected chi connectivity index (χ1v) is 8.40. The van der Waals surface area contributed by atoms with E-state index in [1.165, 1.54) is 11.1 Å². The first-order valence-electron chi connectivity index (χ1n) is 8.90. The molecule has 2 heteroatoms. The fraction of sp³-hybridized carbons (Fsp3) is 0.0870. The van der Waals surface area contributed by atoms with Gasteiger partial charge in [0.2, 0.25) is 0 Å². The van der Waals surface area contributed by atoms with E-state index in [2.05, 4.69) is 43.1 Å². The van der Waals surface area contributed by atoms with Gasteiger partial charge in [-0.1, -0.05) is 41.5 Å². The van der Waals surface area contributed by atoms with Crippen LogP contribution in [0.25, 0.3) is 44.0 Å². The van der Waals surface area contributed by atoms with Crippen LogP contribution in [0.2, 0.25) is 0 Å². The Hall–Kier alpha value is -3.13. The van der Waals surface area contributed by atoms with Gasteiger partial charge in [0.05, 0.1) is 1.37 Å². The van der Waals surface area contributed by atoms with Gasteiger partial charge < -0.3 is 4.42 Å². The Kier molecular flexibility index (Phi) is 2.74. The predicted molar refractivity (Wildman–Crippen MR) is 104 cm³/mol. The lowest BCUT2D eigenvalue weighted by Crippen LogP contribution is -1.86. The van der Waals surface area contributed by atoms with Gasteiger partial charge in [0, 0.05) is 22.5 Å². The first-order chi connectivity index (χ1) is 12.6. The number of furan rings is 1. The molecule has 2 heterocycles. The van der Waals surface area contributed by atoms with E-state index in [0.717, 1.165) is 38.4 Å². The lowest BCUT2D eigenvalue weighted by molar-refractivity contribution is 0.669. The van der Waals surface area contributed by atoms with Crippen molar-refractivity contribution in [3.8, 4) is 11.3 Å². The molecule has 0 N–H and O–H groups in total. The summed E-state index contributed by atoms with van der Waals surface area (Å²) in [6.07, 6.45) is 1.82. The van der Waals surface area contributed by atoms with Crippen LogP contribution in [0.4, 0.5) is 0 Å². The lowest BCUT2D eigenvalue weighted by Gasteiger charge is -2.05. The SMILES string of the molecule is [2H]c1c2ccccc2cc2c1oc1c(-c3cc(C)cc(C)c3)nccc12. The Morgan fingerprint density at radius 1 is 0.880 bits per heavy atom. The second kappa shape index (κ2) is 5.18. The van der Waals surface area contributed by atoms with Crippen LogP contribution in [0, 0.1) is 13.8 Å². The third-order valence-electron chi connectivity index (χ3n) is 4.65. The van der Waals surface area contributed by atoms with Crippen molar-refractivity contribution in [2.45, 2.75) is 13.8 Å². The Balaban J connectivity index is 1.91. The van der Waals surface area contributed by atoms with Gasteiger partial charge in [0.25, 0.3) is 0 Å². The molecule has 0 bridgehead atoms. The predicted octanol–water partition coefficient (Wildman–Crippen LogP) is 6.42. The summed E-state index contributed by atoms with van der Waals surface area (Å²) in [5, 5.41) is 3.93. The van der Waals surface area contributed by atoms with Crippen LogP contribution >= 0.6 is 0 Å². The van der Waals surface area contributed by atoms with Crippen LogP contribution < -0.4 is 0 Å². The second-order valence-electron chi connectivity index (χ2n) is 6.61. The molecule has 2 aromatic heterocycles. The van der Waals surface area contributed by atoms with E-state index in [4.69, 9.17) is 5.79 Å². The molecule has 0 fully saturated rings. The van der Waals surface area contributed by atoms with Gasteiger partial charge in [-0.15, -0.1) is 0 Å². The maximum atomic E-state index is 8.59. The first kappa shape index (κ1) is 13.2. The van der Waals surface area contributed by atoms with Gasteiger partial charge in [-0.25, -0.2) is 0 Å². The molecule has 2 nitrogen and oxygen atoms in total. The van der Waals surface area contributed by atoms with Crippen molar-refractivity contribution in [2.24, 2.45) is 0 Å². The van der Waals surface area contributed by atoms with Gasteiger partial charge in [-0.05, 0) is 54.9 Å². The molecule has 3 aromatic carbocycles. The van der Waals surface area contributed by atoms with E-state index in [1.807, 2.05) is 36.5 Å². The number of fused-ring (bicyclic) bond motifs is 4. The maximum absolute atomic E-state index is 8.59. The topological polar surface area (TPSA) is 26.0 Å². The van der Waals surface area contributed by atoms with Crippen LogP contribution in [-0.2, 0) is 0 Å². The highest BCUT2D eigenvalue weighted by atomic mass is 16.3. The molecule has 0 aliphatic heterocycles. The molecule has 0 aliphatic carbocycles. The quantitative estimate of drug-likeness (QED) is 0.356. The van der Waals surface area contributed by atoms with E-state index < -0.39 is 0 Å². The van der Waals surface area contributed by atoms with Crippen molar-refractivity contribution in [3.05, 3.63) is 78.0 Å². The number of hydrogen-bond acceptors (Lipinski definition) is 2. The summed E-state index contributed by atoms with van der Waals surface area (Å²) < 4.78 is 14.8.